The summed E-state index contributed by atoms with van der Waals surface area (Å²) in [4.78, 5) is 26.2. The van der Waals surface area contributed by atoms with E-state index in [-0.39, 0.29) is 31.3 Å². The molecule has 0 saturated carbocycles. The van der Waals surface area contributed by atoms with Gasteiger partial charge in [-0.05, 0) is 76.7 Å². The van der Waals surface area contributed by atoms with Gasteiger partial charge in [0.15, 0.2) is 0 Å². The molecule has 0 bridgehead atoms. The van der Waals surface area contributed by atoms with Gasteiger partial charge in [0.05, 0.1) is 25.2 Å². The van der Waals surface area contributed by atoms with Crippen molar-refractivity contribution >= 4 is 11.9 Å². The second kappa shape index (κ2) is 55.7. The molecule has 0 fully saturated rings. The molecule has 6 nitrogen and oxygen atoms in total. The first-order valence-electron chi connectivity index (χ1n) is 28.2. The van der Waals surface area contributed by atoms with Crippen LogP contribution >= 0.6 is 0 Å². The standard InChI is InChI=1S/C64H103NO5/c1-4-7-10-13-16-19-22-25-28-31-34-37-40-43-46-49-52-55-60(70-64(69)57-54-51-48-45-42-39-36-33-30-27-24-21-18-15-12-9-6-3)58-63(68)65-61(59-66)62(67)56-53-50-47-44-41-38-35-32-29-26-23-20-17-14-11-8-5-2/h7,9-10,12,15-16,18-19,21,24-25,27-28,30,33-34,36-37,39,42-43,46,52,55,60-62,66-67H,4-6,8,11,13-14,17,20,22-23,26,29,31-32,35,38,40-41,44-45,47-51,53-54,56-59H2,1-3H3,(H,65,68)/b10-7-,12-9-,18-15+,19-16-,24-21+,28-25-,30-27-,36-33+,37-34-,42-39+,46-43-,55-52-. The summed E-state index contributed by atoms with van der Waals surface area (Å²) in [5, 5.41) is 23.8. The molecule has 0 aromatic heterocycles. The summed E-state index contributed by atoms with van der Waals surface area (Å²) in [6.45, 7) is 6.18. The number of esters is 1. The number of carbonyl (C=O) groups excluding carboxylic acids is 2. The number of carbonyl (C=O) groups is 2. The first kappa shape index (κ1) is 65.7. The highest BCUT2D eigenvalue weighted by molar-refractivity contribution is 5.78. The Bertz CT molecular complexity index is 1550. The highest BCUT2D eigenvalue weighted by Crippen LogP contribution is 2.16. The summed E-state index contributed by atoms with van der Waals surface area (Å²) in [6, 6.07) is -0.765. The molecule has 3 unspecified atom stereocenters. The first-order valence-corrected chi connectivity index (χ1v) is 28.2. The van der Waals surface area contributed by atoms with Crippen molar-refractivity contribution in [1.82, 2.24) is 5.32 Å². The zero-order valence-corrected chi connectivity index (χ0v) is 44.8. The quantitative estimate of drug-likeness (QED) is 0.0244. The second-order valence-electron chi connectivity index (χ2n) is 18.4. The molecule has 394 valence electrons. The molecule has 3 atom stereocenters. The summed E-state index contributed by atoms with van der Waals surface area (Å²) in [6.07, 6.45) is 80.8. The Morgan fingerprint density at radius 1 is 0.457 bits per heavy atom. The van der Waals surface area contributed by atoms with Gasteiger partial charge in [0, 0.05) is 6.42 Å². The van der Waals surface area contributed by atoms with Crippen LogP contribution in [0, 0.1) is 0 Å². The number of ether oxygens (including phenoxy) is 1. The van der Waals surface area contributed by atoms with Gasteiger partial charge in [-0.1, -0.05) is 276 Å². The van der Waals surface area contributed by atoms with Crippen LogP contribution in [0.15, 0.2) is 146 Å². The topological polar surface area (TPSA) is 95.9 Å². The maximum atomic E-state index is 13.2. The minimum atomic E-state index is -0.840. The summed E-state index contributed by atoms with van der Waals surface area (Å²) >= 11 is 0. The Morgan fingerprint density at radius 3 is 1.31 bits per heavy atom. The van der Waals surface area contributed by atoms with Crippen LogP contribution < -0.4 is 5.32 Å². The molecule has 0 heterocycles. The third-order valence-corrected chi connectivity index (χ3v) is 11.8. The van der Waals surface area contributed by atoms with Gasteiger partial charge >= 0.3 is 5.97 Å². The number of amides is 1. The fourth-order valence-corrected chi connectivity index (χ4v) is 7.64. The van der Waals surface area contributed by atoms with E-state index in [4.69, 9.17) is 4.74 Å². The van der Waals surface area contributed by atoms with E-state index in [9.17, 15) is 19.8 Å². The Hall–Kier alpha value is -4.26. The van der Waals surface area contributed by atoms with Crippen LogP contribution in [0.25, 0.3) is 0 Å². The maximum absolute atomic E-state index is 13.2. The molecule has 0 saturated heterocycles. The van der Waals surface area contributed by atoms with Crippen molar-refractivity contribution in [1.29, 1.82) is 0 Å². The van der Waals surface area contributed by atoms with E-state index in [1.807, 2.05) is 66.8 Å². The SMILES string of the molecule is CC\C=C/C=C/C=C/C=C\C=C\C=C\CCCCCC(=O)OC(/C=C\C/C=C\C/C=C\C/C=C\C/C=C\C/C=C\CC)CC(=O)NC(CO)C(O)CCCCCCCCCCCCCCCCCCC. The number of unbranched alkanes of at least 4 members (excludes halogenated alkanes) is 19. The van der Waals surface area contributed by atoms with Crippen LogP contribution in [0.3, 0.4) is 0 Å². The molecular formula is C64H103NO5. The van der Waals surface area contributed by atoms with Crippen molar-refractivity contribution in [2.75, 3.05) is 6.61 Å². The summed E-state index contributed by atoms with van der Waals surface area (Å²) in [5.41, 5.74) is 0. The average molecular weight is 967 g/mol. The fraction of sp³-hybridized carbons (Fsp3) is 0.594. The highest BCUT2D eigenvalue weighted by Gasteiger charge is 2.23. The zero-order chi connectivity index (χ0) is 50.9. The lowest BCUT2D eigenvalue weighted by Crippen LogP contribution is -2.46. The first-order chi connectivity index (χ1) is 34.5. The normalized spacial score (nSPS) is 14.3. The maximum Gasteiger partial charge on any atom is 0.306 e. The zero-order valence-electron chi connectivity index (χ0n) is 44.8. The molecule has 70 heavy (non-hydrogen) atoms. The van der Waals surface area contributed by atoms with Gasteiger partial charge in [-0.2, -0.15) is 0 Å². The predicted molar refractivity (Wildman–Crippen MR) is 305 cm³/mol. The lowest BCUT2D eigenvalue weighted by Gasteiger charge is -2.23. The average Bonchev–Trinajstić information content (AvgIpc) is 3.35. The number of allylic oxidation sites excluding steroid dienone is 23. The lowest BCUT2D eigenvalue weighted by molar-refractivity contribution is -0.148. The molecule has 0 radical (unpaired) electrons. The number of hydrogen-bond acceptors (Lipinski definition) is 5. The van der Waals surface area contributed by atoms with E-state index in [0.717, 1.165) is 77.0 Å². The van der Waals surface area contributed by atoms with Crippen molar-refractivity contribution in [3.8, 4) is 0 Å². The van der Waals surface area contributed by atoms with Crippen molar-refractivity contribution in [3.63, 3.8) is 0 Å². The minimum absolute atomic E-state index is 0.0757. The van der Waals surface area contributed by atoms with Crippen molar-refractivity contribution in [3.05, 3.63) is 146 Å². The van der Waals surface area contributed by atoms with E-state index in [0.29, 0.717) is 19.3 Å². The fourth-order valence-electron chi connectivity index (χ4n) is 7.64. The Morgan fingerprint density at radius 2 is 0.857 bits per heavy atom. The predicted octanol–water partition coefficient (Wildman–Crippen LogP) is 17.6. The number of rotatable bonds is 48. The Balaban J connectivity index is 4.83. The van der Waals surface area contributed by atoms with Crippen LogP contribution in [0.1, 0.15) is 220 Å². The van der Waals surface area contributed by atoms with Gasteiger partial charge in [0.1, 0.15) is 6.10 Å². The van der Waals surface area contributed by atoms with E-state index in [1.54, 1.807) is 6.08 Å². The molecule has 0 aliphatic carbocycles. The number of aliphatic hydroxyl groups excluding tert-OH is 2. The molecule has 0 spiro atoms. The lowest BCUT2D eigenvalue weighted by atomic mass is 10.0. The van der Waals surface area contributed by atoms with E-state index >= 15 is 0 Å². The van der Waals surface area contributed by atoms with Crippen LogP contribution in [0.5, 0.6) is 0 Å². The van der Waals surface area contributed by atoms with Gasteiger partial charge in [-0.15, -0.1) is 0 Å². The van der Waals surface area contributed by atoms with Gasteiger partial charge in [0.2, 0.25) is 5.91 Å². The van der Waals surface area contributed by atoms with Crippen molar-refractivity contribution in [2.24, 2.45) is 0 Å². The highest BCUT2D eigenvalue weighted by atomic mass is 16.5. The molecule has 1 amide bonds. The molecule has 6 heteroatoms. The number of hydrogen-bond donors (Lipinski definition) is 3. The number of aliphatic hydroxyl groups is 2. The smallest absolute Gasteiger partial charge is 0.306 e. The molecule has 0 aliphatic heterocycles. The molecule has 0 aromatic rings. The van der Waals surface area contributed by atoms with Gasteiger partial charge in [-0.25, -0.2) is 0 Å². The summed E-state index contributed by atoms with van der Waals surface area (Å²) < 4.78 is 5.82. The van der Waals surface area contributed by atoms with Gasteiger partial charge in [-0.3, -0.25) is 9.59 Å². The minimum Gasteiger partial charge on any atom is -0.458 e. The monoisotopic (exact) mass is 966 g/mol. The van der Waals surface area contributed by atoms with Crippen LogP contribution in [-0.2, 0) is 14.3 Å². The molecule has 0 rings (SSSR count). The van der Waals surface area contributed by atoms with Gasteiger partial charge < -0.3 is 20.3 Å². The van der Waals surface area contributed by atoms with Crippen LogP contribution in [0.2, 0.25) is 0 Å². The second-order valence-corrected chi connectivity index (χ2v) is 18.4. The third kappa shape index (κ3) is 50.1. The van der Waals surface area contributed by atoms with Crippen LogP contribution in [-0.4, -0.2) is 46.9 Å². The molecule has 0 aromatic carbocycles. The van der Waals surface area contributed by atoms with Gasteiger partial charge in [0.25, 0.3) is 0 Å². The largest absolute Gasteiger partial charge is 0.458 e. The third-order valence-electron chi connectivity index (χ3n) is 11.8. The summed E-state index contributed by atoms with van der Waals surface area (Å²) in [7, 11) is 0. The van der Waals surface area contributed by atoms with Crippen molar-refractivity contribution < 1.29 is 24.5 Å². The summed E-state index contributed by atoms with van der Waals surface area (Å²) in [5.74, 6) is -0.694. The molecular weight excluding hydrogens is 863 g/mol. The van der Waals surface area contributed by atoms with E-state index < -0.39 is 18.2 Å². The van der Waals surface area contributed by atoms with Crippen LogP contribution in [0.4, 0.5) is 0 Å². The molecule has 3 N–H and O–H groups in total. The Kier molecular flexibility index (Phi) is 52.3. The van der Waals surface area contributed by atoms with Crippen molar-refractivity contribution in [2.45, 2.75) is 238 Å². The van der Waals surface area contributed by atoms with E-state index in [1.165, 1.54) is 89.9 Å². The Labute approximate surface area is 430 Å². The number of nitrogens with one attached hydrogen (secondary N) is 1. The molecule has 0 aliphatic rings. The van der Waals surface area contributed by atoms with E-state index in [2.05, 4.69) is 99.0 Å².